The summed E-state index contributed by atoms with van der Waals surface area (Å²) in [5, 5.41) is 0. The molecule has 5 nitrogen and oxygen atoms in total. The van der Waals surface area contributed by atoms with Crippen LogP contribution in [0.1, 0.15) is 24.8 Å². The molecule has 1 saturated carbocycles. The zero-order valence-electron chi connectivity index (χ0n) is 12.3. The van der Waals surface area contributed by atoms with Gasteiger partial charge in [-0.2, -0.15) is 0 Å². The van der Waals surface area contributed by atoms with E-state index in [-0.39, 0.29) is 0 Å². The predicted molar refractivity (Wildman–Crippen MR) is 81.5 cm³/mol. The number of aromatic nitrogens is 3. The van der Waals surface area contributed by atoms with Crippen LogP contribution in [0.2, 0.25) is 0 Å². The lowest BCUT2D eigenvalue weighted by Gasteiger charge is -2.28. The van der Waals surface area contributed by atoms with Crippen molar-refractivity contribution >= 4 is 5.82 Å². The number of nitrogens with zero attached hydrogens (tertiary/aromatic N) is 4. The third-order valence-electron chi connectivity index (χ3n) is 3.82. The van der Waals surface area contributed by atoms with E-state index in [1.165, 1.54) is 12.0 Å². The minimum Gasteiger partial charge on any atom is -0.472 e. The molecule has 0 aliphatic heterocycles. The molecule has 0 aromatic carbocycles. The molecule has 2 heterocycles. The molecule has 1 fully saturated rings. The number of anilines is 1. The van der Waals surface area contributed by atoms with Crippen LogP contribution in [-0.4, -0.2) is 34.6 Å². The number of ether oxygens (including phenoxy) is 1. The third-order valence-corrected chi connectivity index (χ3v) is 3.82. The van der Waals surface area contributed by atoms with Gasteiger partial charge in [-0.15, -0.1) is 0 Å². The molecule has 0 amide bonds. The summed E-state index contributed by atoms with van der Waals surface area (Å²) in [7, 11) is 2.03. The zero-order chi connectivity index (χ0) is 14.5. The van der Waals surface area contributed by atoms with Gasteiger partial charge >= 0.3 is 0 Å². The molecule has 1 aliphatic carbocycles. The maximum atomic E-state index is 5.93. The predicted octanol–water partition coefficient (Wildman–Crippen LogP) is 2.48. The Labute approximate surface area is 125 Å². The summed E-state index contributed by atoms with van der Waals surface area (Å²) in [6.07, 6.45) is 11.8. The fourth-order valence-electron chi connectivity index (χ4n) is 2.26. The van der Waals surface area contributed by atoms with Crippen LogP contribution in [-0.2, 0) is 6.42 Å². The van der Waals surface area contributed by atoms with Crippen molar-refractivity contribution in [3.8, 4) is 5.88 Å². The Morgan fingerprint density at radius 1 is 1.14 bits per heavy atom. The van der Waals surface area contributed by atoms with Crippen molar-refractivity contribution in [1.29, 1.82) is 0 Å². The van der Waals surface area contributed by atoms with Gasteiger partial charge in [-0.05, 0) is 43.4 Å². The Kier molecular flexibility index (Phi) is 4.28. The van der Waals surface area contributed by atoms with Crippen LogP contribution in [0.4, 0.5) is 5.82 Å². The van der Waals surface area contributed by atoms with Gasteiger partial charge in [-0.25, -0.2) is 9.97 Å². The van der Waals surface area contributed by atoms with Crippen molar-refractivity contribution in [2.45, 2.75) is 31.8 Å². The molecule has 0 saturated heterocycles. The highest BCUT2D eigenvalue weighted by molar-refractivity contribution is 5.47. The van der Waals surface area contributed by atoms with E-state index in [0.29, 0.717) is 12.0 Å². The van der Waals surface area contributed by atoms with E-state index < -0.39 is 0 Å². The van der Waals surface area contributed by atoms with Crippen LogP contribution in [0, 0.1) is 0 Å². The first-order valence-electron chi connectivity index (χ1n) is 7.40. The molecule has 0 N–H and O–H groups in total. The van der Waals surface area contributed by atoms with Gasteiger partial charge in [0.05, 0.1) is 0 Å². The topological polar surface area (TPSA) is 51.1 Å². The molecule has 0 atom stereocenters. The Balaban J connectivity index is 1.64. The van der Waals surface area contributed by atoms with Crippen LogP contribution < -0.4 is 9.64 Å². The van der Waals surface area contributed by atoms with Crippen molar-refractivity contribution in [2.24, 2.45) is 0 Å². The molecule has 110 valence electrons. The fourth-order valence-corrected chi connectivity index (χ4v) is 2.26. The van der Waals surface area contributed by atoms with E-state index in [0.717, 1.165) is 31.6 Å². The lowest BCUT2D eigenvalue weighted by atomic mass is 9.96. The number of rotatable bonds is 6. The van der Waals surface area contributed by atoms with Crippen molar-refractivity contribution in [2.75, 3.05) is 18.5 Å². The van der Waals surface area contributed by atoms with E-state index >= 15 is 0 Å². The molecular weight excluding hydrogens is 264 g/mol. The van der Waals surface area contributed by atoms with Crippen molar-refractivity contribution < 1.29 is 4.74 Å². The first-order valence-corrected chi connectivity index (χ1v) is 7.40. The summed E-state index contributed by atoms with van der Waals surface area (Å²) in [6.45, 7) is 0.865. The zero-order valence-corrected chi connectivity index (χ0v) is 12.3. The van der Waals surface area contributed by atoms with Crippen LogP contribution in [0.15, 0.2) is 36.9 Å². The maximum absolute atomic E-state index is 5.93. The van der Waals surface area contributed by atoms with E-state index in [1.54, 1.807) is 12.4 Å². The second-order valence-corrected chi connectivity index (χ2v) is 5.38. The SMILES string of the molecule is CN(CCc1ccncc1)c1nccnc1OC1CCC1. The fraction of sp³-hybridized carbons (Fsp3) is 0.438. The summed E-state index contributed by atoms with van der Waals surface area (Å²) in [4.78, 5) is 14.9. The molecule has 2 aromatic heterocycles. The van der Waals surface area contributed by atoms with E-state index in [1.807, 2.05) is 31.6 Å². The summed E-state index contributed by atoms with van der Waals surface area (Å²) < 4.78 is 5.93. The van der Waals surface area contributed by atoms with Crippen molar-refractivity contribution in [3.63, 3.8) is 0 Å². The molecule has 21 heavy (non-hydrogen) atoms. The van der Waals surface area contributed by atoms with Gasteiger partial charge in [0.25, 0.3) is 5.88 Å². The molecule has 0 spiro atoms. The number of likely N-dealkylation sites (N-methyl/N-ethyl adjacent to an activating group) is 1. The van der Waals surface area contributed by atoms with Crippen LogP contribution in [0.5, 0.6) is 5.88 Å². The molecule has 3 rings (SSSR count). The van der Waals surface area contributed by atoms with E-state index in [9.17, 15) is 0 Å². The molecule has 0 radical (unpaired) electrons. The quantitative estimate of drug-likeness (QED) is 0.815. The molecule has 0 unspecified atom stereocenters. The van der Waals surface area contributed by atoms with Gasteiger partial charge in [-0.1, -0.05) is 0 Å². The van der Waals surface area contributed by atoms with E-state index in [2.05, 4.69) is 19.9 Å². The molecule has 5 heteroatoms. The smallest absolute Gasteiger partial charge is 0.257 e. The largest absolute Gasteiger partial charge is 0.472 e. The summed E-state index contributed by atoms with van der Waals surface area (Å²) in [5.41, 5.74) is 1.27. The first-order chi connectivity index (χ1) is 10.3. The average molecular weight is 284 g/mol. The standard InChI is InChI=1S/C16H20N4O/c1-20(12-7-13-5-8-17-9-6-13)15-16(19-11-10-18-15)21-14-3-2-4-14/h5-6,8-11,14H,2-4,7,12H2,1H3. The molecule has 2 aromatic rings. The van der Waals surface area contributed by atoms with Gasteiger partial charge in [-0.3, -0.25) is 4.98 Å². The van der Waals surface area contributed by atoms with Crippen molar-refractivity contribution in [1.82, 2.24) is 15.0 Å². The summed E-state index contributed by atoms with van der Waals surface area (Å²) >= 11 is 0. The minimum absolute atomic E-state index is 0.314. The van der Waals surface area contributed by atoms with Gasteiger partial charge in [0.2, 0.25) is 0 Å². The Bertz CT molecular complexity index is 571. The highest BCUT2D eigenvalue weighted by Crippen LogP contribution is 2.28. The Morgan fingerprint density at radius 3 is 2.62 bits per heavy atom. The third kappa shape index (κ3) is 3.48. The monoisotopic (exact) mass is 284 g/mol. The highest BCUT2D eigenvalue weighted by Gasteiger charge is 2.22. The van der Waals surface area contributed by atoms with Gasteiger partial charge in [0, 0.05) is 38.4 Å². The lowest BCUT2D eigenvalue weighted by Crippen LogP contribution is -2.28. The molecule has 0 bridgehead atoms. The second-order valence-electron chi connectivity index (χ2n) is 5.38. The van der Waals surface area contributed by atoms with Gasteiger partial charge in [0.1, 0.15) is 6.10 Å². The normalized spacial score (nSPS) is 14.5. The number of hydrogen-bond donors (Lipinski definition) is 0. The Morgan fingerprint density at radius 2 is 1.90 bits per heavy atom. The number of hydrogen-bond acceptors (Lipinski definition) is 5. The molecular formula is C16H20N4O. The van der Waals surface area contributed by atoms with Crippen LogP contribution in [0.3, 0.4) is 0 Å². The van der Waals surface area contributed by atoms with E-state index in [4.69, 9.17) is 4.74 Å². The first kappa shape index (κ1) is 13.8. The van der Waals surface area contributed by atoms with Gasteiger partial charge in [0.15, 0.2) is 5.82 Å². The molecule has 1 aliphatic rings. The summed E-state index contributed by atoms with van der Waals surface area (Å²) in [5.74, 6) is 1.47. The average Bonchev–Trinajstić information content (AvgIpc) is 2.50. The second kappa shape index (κ2) is 6.52. The summed E-state index contributed by atoms with van der Waals surface area (Å²) in [6, 6.07) is 4.08. The Hall–Kier alpha value is -2.17. The number of pyridine rings is 1. The van der Waals surface area contributed by atoms with Crippen molar-refractivity contribution in [3.05, 3.63) is 42.5 Å². The van der Waals surface area contributed by atoms with Crippen LogP contribution >= 0.6 is 0 Å². The van der Waals surface area contributed by atoms with Crippen LogP contribution in [0.25, 0.3) is 0 Å². The lowest BCUT2D eigenvalue weighted by molar-refractivity contribution is 0.114. The van der Waals surface area contributed by atoms with Gasteiger partial charge < -0.3 is 9.64 Å². The highest BCUT2D eigenvalue weighted by atomic mass is 16.5. The maximum Gasteiger partial charge on any atom is 0.257 e. The minimum atomic E-state index is 0.314.